The summed E-state index contributed by atoms with van der Waals surface area (Å²) in [6.45, 7) is 3.55. The highest BCUT2D eigenvalue weighted by Crippen LogP contribution is 2.13. The molecule has 5 heteroatoms. The lowest BCUT2D eigenvalue weighted by Crippen LogP contribution is -2.43. The van der Waals surface area contributed by atoms with Crippen molar-refractivity contribution in [2.24, 2.45) is 0 Å². The van der Waals surface area contributed by atoms with Crippen molar-refractivity contribution in [1.29, 1.82) is 0 Å². The monoisotopic (exact) mass is 201 g/mol. The molecule has 80 valence electrons. The van der Waals surface area contributed by atoms with Gasteiger partial charge in [0.1, 0.15) is 0 Å². The minimum atomic E-state index is -1.38. The summed E-state index contributed by atoms with van der Waals surface area (Å²) in [5.74, 6) is -2.18. The second-order valence-electron chi connectivity index (χ2n) is 3.25. The Morgan fingerprint density at radius 1 is 1.43 bits per heavy atom. The maximum atomic E-state index is 11.0. The first-order valence-electron chi connectivity index (χ1n) is 4.79. The fourth-order valence-electron chi connectivity index (χ4n) is 1.60. The molecule has 1 amide bonds. The van der Waals surface area contributed by atoms with Gasteiger partial charge in [-0.25, -0.2) is 4.79 Å². The topological polar surface area (TPSA) is 66.8 Å². The molecule has 0 aromatic rings. The normalized spacial score (nSPS) is 18.2. The van der Waals surface area contributed by atoms with Crippen LogP contribution in [-0.4, -0.2) is 47.7 Å². The van der Waals surface area contributed by atoms with E-state index in [9.17, 15) is 9.59 Å². The molecule has 0 unspecified atom stereocenters. The lowest BCUT2D eigenvalue weighted by molar-refractivity contribution is -0.157. The van der Waals surface area contributed by atoms with Crippen LogP contribution < -0.4 is 0 Å². The summed E-state index contributed by atoms with van der Waals surface area (Å²) in [7, 11) is 0. The highest BCUT2D eigenvalue weighted by atomic mass is 16.5. The molecule has 0 atom stereocenters. The Hall–Kier alpha value is -1.10. The number of rotatable bonds is 2. The molecule has 0 aromatic carbocycles. The molecule has 5 nitrogen and oxygen atoms in total. The first-order chi connectivity index (χ1) is 6.65. The number of carbonyl (C=O) groups excluding carboxylic acids is 1. The average Bonchev–Trinajstić information content (AvgIpc) is 2.18. The smallest absolute Gasteiger partial charge is 0.394 e. The highest BCUT2D eigenvalue weighted by Gasteiger charge is 2.26. The van der Waals surface area contributed by atoms with Crippen molar-refractivity contribution in [3.8, 4) is 0 Å². The zero-order valence-electron chi connectivity index (χ0n) is 8.23. The van der Waals surface area contributed by atoms with Crippen LogP contribution in [0.1, 0.15) is 19.8 Å². The number of hydrogen-bond acceptors (Lipinski definition) is 3. The van der Waals surface area contributed by atoms with Crippen LogP contribution in [0.2, 0.25) is 0 Å². The number of piperidine rings is 1. The minimum Gasteiger partial charge on any atom is -0.474 e. The number of nitrogens with zero attached hydrogens (tertiary/aromatic N) is 1. The maximum absolute atomic E-state index is 11.0. The molecule has 0 aliphatic carbocycles. The Balaban J connectivity index is 2.35. The van der Waals surface area contributed by atoms with E-state index >= 15 is 0 Å². The molecule has 0 spiro atoms. The lowest BCUT2D eigenvalue weighted by atomic mass is 10.1. The van der Waals surface area contributed by atoms with Crippen LogP contribution in [0.5, 0.6) is 0 Å². The van der Waals surface area contributed by atoms with E-state index in [2.05, 4.69) is 0 Å². The number of hydrogen-bond donors (Lipinski definition) is 1. The SMILES string of the molecule is CCOC1CCN(C(=O)C(=O)O)CC1. The van der Waals surface area contributed by atoms with Crippen molar-refractivity contribution >= 4 is 11.9 Å². The molecule has 0 saturated carbocycles. The number of ether oxygens (including phenoxy) is 1. The van der Waals surface area contributed by atoms with E-state index in [1.54, 1.807) is 0 Å². The van der Waals surface area contributed by atoms with Gasteiger partial charge in [0.05, 0.1) is 6.10 Å². The summed E-state index contributed by atoms with van der Waals surface area (Å²) in [4.78, 5) is 22.8. The second kappa shape index (κ2) is 4.95. The Morgan fingerprint density at radius 2 is 2.00 bits per heavy atom. The van der Waals surface area contributed by atoms with Gasteiger partial charge >= 0.3 is 11.9 Å². The molecule has 0 radical (unpaired) electrons. The lowest BCUT2D eigenvalue weighted by Gasteiger charge is -2.30. The first-order valence-corrected chi connectivity index (χ1v) is 4.79. The standard InChI is InChI=1S/C9H15NO4/c1-2-14-7-3-5-10(6-4-7)8(11)9(12)13/h7H,2-6H2,1H3,(H,12,13). The summed E-state index contributed by atoms with van der Waals surface area (Å²) in [5, 5.41) is 8.48. The number of carbonyl (C=O) groups is 2. The summed E-state index contributed by atoms with van der Waals surface area (Å²) in [6, 6.07) is 0. The Kier molecular flexibility index (Phi) is 3.88. The fourth-order valence-corrected chi connectivity index (χ4v) is 1.60. The van der Waals surface area contributed by atoms with Gasteiger partial charge in [0.15, 0.2) is 0 Å². The summed E-state index contributed by atoms with van der Waals surface area (Å²) < 4.78 is 5.39. The van der Waals surface area contributed by atoms with Crippen LogP contribution in [0.3, 0.4) is 0 Å². The van der Waals surface area contributed by atoms with E-state index in [1.165, 1.54) is 4.90 Å². The van der Waals surface area contributed by atoms with Crippen molar-refractivity contribution in [3.05, 3.63) is 0 Å². The summed E-state index contributed by atoms with van der Waals surface area (Å²) in [6.07, 6.45) is 1.64. The van der Waals surface area contributed by atoms with E-state index in [0.29, 0.717) is 19.7 Å². The molecule has 1 saturated heterocycles. The van der Waals surface area contributed by atoms with E-state index in [0.717, 1.165) is 12.8 Å². The number of amides is 1. The highest BCUT2D eigenvalue weighted by molar-refractivity contribution is 6.31. The molecular formula is C9H15NO4. The molecule has 1 fully saturated rings. The number of carboxylic acid groups (broad SMARTS) is 1. The molecule has 1 heterocycles. The number of carboxylic acids is 1. The predicted molar refractivity (Wildman–Crippen MR) is 48.9 cm³/mol. The van der Waals surface area contributed by atoms with Crippen molar-refractivity contribution in [2.45, 2.75) is 25.9 Å². The van der Waals surface area contributed by atoms with Crippen LogP contribution in [-0.2, 0) is 14.3 Å². The summed E-state index contributed by atoms with van der Waals surface area (Å²) >= 11 is 0. The van der Waals surface area contributed by atoms with Crippen molar-refractivity contribution in [3.63, 3.8) is 0 Å². The first kappa shape index (κ1) is 11.0. The van der Waals surface area contributed by atoms with Gasteiger partial charge in [-0.05, 0) is 19.8 Å². The molecule has 0 aromatic heterocycles. The number of aliphatic carboxylic acids is 1. The Morgan fingerprint density at radius 3 is 2.43 bits per heavy atom. The van der Waals surface area contributed by atoms with Gasteiger partial charge in [0.25, 0.3) is 0 Å². The van der Waals surface area contributed by atoms with Crippen LogP contribution in [0.4, 0.5) is 0 Å². The Labute approximate surface area is 82.6 Å². The van der Waals surface area contributed by atoms with Gasteiger partial charge in [0.2, 0.25) is 0 Å². The largest absolute Gasteiger partial charge is 0.474 e. The molecule has 1 rings (SSSR count). The number of likely N-dealkylation sites (tertiary alicyclic amines) is 1. The van der Waals surface area contributed by atoms with Crippen LogP contribution in [0, 0.1) is 0 Å². The van der Waals surface area contributed by atoms with E-state index in [-0.39, 0.29) is 6.10 Å². The molecule has 1 N–H and O–H groups in total. The predicted octanol–water partition coefficient (Wildman–Crippen LogP) is 0.0985. The Bertz CT molecular complexity index is 221. The van der Waals surface area contributed by atoms with Crippen molar-refractivity contribution in [1.82, 2.24) is 4.90 Å². The van der Waals surface area contributed by atoms with Crippen LogP contribution in [0.25, 0.3) is 0 Å². The van der Waals surface area contributed by atoms with E-state index in [1.807, 2.05) is 6.92 Å². The molecule has 1 aliphatic heterocycles. The molecular weight excluding hydrogens is 186 g/mol. The molecule has 1 aliphatic rings. The average molecular weight is 201 g/mol. The van der Waals surface area contributed by atoms with E-state index < -0.39 is 11.9 Å². The summed E-state index contributed by atoms with van der Waals surface area (Å²) in [5.41, 5.74) is 0. The third-order valence-electron chi connectivity index (χ3n) is 2.31. The fraction of sp³-hybridized carbons (Fsp3) is 0.778. The van der Waals surface area contributed by atoms with Gasteiger partial charge in [-0.2, -0.15) is 0 Å². The third-order valence-corrected chi connectivity index (χ3v) is 2.31. The zero-order chi connectivity index (χ0) is 10.6. The van der Waals surface area contributed by atoms with Gasteiger partial charge in [0, 0.05) is 19.7 Å². The van der Waals surface area contributed by atoms with Crippen LogP contribution in [0.15, 0.2) is 0 Å². The van der Waals surface area contributed by atoms with Crippen molar-refractivity contribution < 1.29 is 19.4 Å². The molecule has 0 bridgehead atoms. The van der Waals surface area contributed by atoms with Crippen molar-refractivity contribution in [2.75, 3.05) is 19.7 Å². The van der Waals surface area contributed by atoms with Gasteiger partial charge in [-0.1, -0.05) is 0 Å². The van der Waals surface area contributed by atoms with Gasteiger partial charge in [-0.3, -0.25) is 4.79 Å². The zero-order valence-corrected chi connectivity index (χ0v) is 8.23. The molecule has 14 heavy (non-hydrogen) atoms. The minimum absolute atomic E-state index is 0.179. The van der Waals surface area contributed by atoms with E-state index in [4.69, 9.17) is 9.84 Å². The quantitative estimate of drug-likeness (QED) is 0.643. The van der Waals surface area contributed by atoms with Gasteiger partial charge < -0.3 is 14.7 Å². The van der Waals surface area contributed by atoms with Crippen LogP contribution >= 0.6 is 0 Å². The second-order valence-corrected chi connectivity index (χ2v) is 3.25. The van der Waals surface area contributed by atoms with Gasteiger partial charge in [-0.15, -0.1) is 0 Å². The maximum Gasteiger partial charge on any atom is 0.394 e. The third kappa shape index (κ3) is 2.70.